The fraction of sp³-hybridized carbons (Fsp3) is 0.182. The first-order chi connectivity index (χ1) is 11.7. The van der Waals surface area contributed by atoms with Gasteiger partial charge in [0.1, 0.15) is 11.5 Å². The standard InChI is InChI=1S/C22H20O2/c1-16(2)24-22(17-10-4-3-5-11-17)18-12-6-8-14-20(18)23-21-15-9-7-13-19(21)22/h3-16H,1-2H3. The molecular formula is C22H20O2. The summed E-state index contributed by atoms with van der Waals surface area (Å²) in [6.45, 7) is 4.15. The fourth-order valence-corrected chi connectivity index (χ4v) is 3.49. The van der Waals surface area contributed by atoms with Crippen molar-refractivity contribution in [1.29, 1.82) is 0 Å². The maximum atomic E-state index is 6.64. The summed E-state index contributed by atoms with van der Waals surface area (Å²) in [6, 6.07) is 26.7. The quantitative estimate of drug-likeness (QED) is 0.634. The molecule has 0 amide bonds. The molecular weight excluding hydrogens is 296 g/mol. The third-order valence-corrected chi connectivity index (χ3v) is 4.35. The lowest BCUT2D eigenvalue weighted by Gasteiger charge is -2.41. The molecule has 24 heavy (non-hydrogen) atoms. The number of para-hydroxylation sites is 2. The minimum absolute atomic E-state index is 0.0596. The van der Waals surface area contributed by atoms with Crippen LogP contribution in [0.2, 0.25) is 0 Å². The summed E-state index contributed by atoms with van der Waals surface area (Å²) in [4.78, 5) is 0. The first-order valence-electron chi connectivity index (χ1n) is 8.32. The highest BCUT2D eigenvalue weighted by atomic mass is 16.5. The Balaban J connectivity index is 2.08. The second-order valence-corrected chi connectivity index (χ2v) is 6.31. The Morgan fingerprint density at radius 2 is 1.21 bits per heavy atom. The van der Waals surface area contributed by atoms with E-state index in [1.165, 1.54) is 0 Å². The number of hydrogen-bond acceptors (Lipinski definition) is 2. The molecule has 0 N–H and O–H groups in total. The molecule has 0 fully saturated rings. The molecule has 1 heterocycles. The molecule has 0 saturated heterocycles. The summed E-state index contributed by atoms with van der Waals surface area (Å²) < 4.78 is 12.8. The number of rotatable bonds is 3. The molecule has 0 bridgehead atoms. The molecule has 120 valence electrons. The van der Waals surface area contributed by atoms with Crippen LogP contribution in [0.4, 0.5) is 0 Å². The molecule has 0 unspecified atom stereocenters. The van der Waals surface area contributed by atoms with Crippen molar-refractivity contribution >= 4 is 0 Å². The maximum absolute atomic E-state index is 6.64. The molecule has 0 aromatic heterocycles. The second kappa shape index (κ2) is 5.81. The molecule has 1 aliphatic heterocycles. The summed E-state index contributed by atoms with van der Waals surface area (Å²) in [5.74, 6) is 1.70. The van der Waals surface area contributed by atoms with Crippen LogP contribution >= 0.6 is 0 Å². The third-order valence-electron chi connectivity index (χ3n) is 4.35. The molecule has 2 nitrogen and oxygen atoms in total. The van der Waals surface area contributed by atoms with E-state index in [2.05, 4.69) is 50.2 Å². The molecule has 4 rings (SSSR count). The van der Waals surface area contributed by atoms with Gasteiger partial charge in [-0.1, -0.05) is 66.7 Å². The third kappa shape index (κ3) is 2.22. The summed E-state index contributed by atoms with van der Waals surface area (Å²) >= 11 is 0. The van der Waals surface area contributed by atoms with Gasteiger partial charge in [0.05, 0.1) is 6.10 Å². The average molecular weight is 316 g/mol. The van der Waals surface area contributed by atoms with E-state index in [-0.39, 0.29) is 6.10 Å². The zero-order valence-corrected chi connectivity index (χ0v) is 13.9. The number of hydrogen-bond donors (Lipinski definition) is 0. The van der Waals surface area contributed by atoms with Crippen molar-refractivity contribution in [2.45, 2.75) is 25.6 Å². The molecule has 2 heteroatoms. The maximum Gasteiger partial charge on any atom is 0.151 e. The monoisotopic (exact) mass is 316 g/mol. The van der Waals surface area contributed by atoms with E-state index in [1.807, 2.05) is 42.5 Å². The van der Waals surface area contributed by atoms with E-state index in [4.69, 9.17) is 9.47 Å². The largest absolute Gasteiger partial charge is 0.457 e. The zero-order chi connectivity index (χ0) is 16.6. The lowest BCUT2D eigenvalue weighted by Crippen LogP contribution is -2.37. The Labute approximate surface area is 142 Å². The molecule has 3 aromatic carbocycles. The molecule has 0 spiro atoms. The first kappa shape index (κ1) is 15.0. The van der Waals surface area contributed by atoms with Gasteiger partial charge in [0.25, 0.3) is 0 Å². The average Bonchev–Trinajstić information content (AvgIpc) is 2.62. The smallest absolute Gasteiger partial charge is 0.151 e. The Kier molecular flexibility index (Phi) is 3.62. The van der Waals surface area contributed by atoms with Crippen LogP contribution in [0.5, 0.6) is 11.5 Å². The molecule has 0 radical (unpaired) electrons. The van der Waals surface area contributed by atoms with Gasteiger partial charge >= 0.3 is 0 Å². The van der Waals surface area contributed by atoms with Crippen LogP contribution in [0.1, 0.15) is 30.5 Å². The van der Waals surface area contributed by atoms with Crippen LogP contribution in [0.25, 0.3) is 0 Å². The van der Waals surface area contributed by atoms with Crippen LogP contribution in [0, 0.1) is 0 Å². The Hall–Kier alpha value is -2.58. The van der Waals surface area contributed by atoms with E-state index in [9.17, 15) is 0 Å². The van der Waals surface area contributed by atoms with Gasteiger partial charge in [-0.25, -0.2) is 0 Å². The van der Waals surface area contributed by atoms with Gasteiger partial charge in [-0.05, 0) is 31.5 Å². The second-order valence-electron chi connectivity index (χ2n) is 6.31. The fourth-order valence-electron chi connectivity index (χ4n) is 3.49. The lowest BCUT2D eigenvalue weighted by atomic mass is 9.77. The predicted molar refractivity (Wildman–Crippen MR) is 95.5 cm³/mol. The Bertz CT molecular complexity index is 807. The number of fused-ring (bicyclic) bond motifs is 2. The molecule has 0 saturated carbocycles. The summed E-state index contributed by atoms with van der Waals surface area (Å²) in [5, 5.41) is 0. The van der Waals surface area contributed by atoms with Gasteiger partial charge in [0, 0.05) is 11.1 Å². The molecule has 0 atom stereocenters. The van der Waals surface area contributed by atoms with Gasteiger partial charge in [-0.3, -0.25) is 0 Å². The van der Waals surface area contributed by atoms with Crippen molar-refractivity contribution in [3.05, 3.63) is 95.6 Å². The summed E-state index contributed by atoms with van der Waals surface area (Å²) in [6.07, 6.45) is 0.0596. The highest BCUT2D eigenvalue weighted by Crippen LogP contribution is 2.52. The van der Waals surface area contributed by atoms with Crippen molar-refractivity contribution in [3.63, 3.8) is 0 Å². The SMILES string of the molecule is CC(C)OC1(c2ccccc2)c2ccccc2Oc2ccccc21. The van der Waals surface area contributed by atoms with Crippen LogP contribution in [0.15, 0.2) is 78.9 Å². The molecule has 0 aliphatic carbocycles. The number of ether oxygens (including phenoxy) is 2. The summed E-state index contributed by atoms with van der Waals surface area (Å²) in [7, 11) is 0. The van der Waals surface area contributed by atoms with Crippen molar-refractivity contribution < 1.29 is 9.47 Å². The van der Waals surface area contributed by atoms with Crippen molar-refractivity contribution in [3.8, 4) is 11.5 Å². The van der Waals surface area contributed by atoms with Gasteiger partial charge in [-0.15, -0.1) is 0 Å². The van der Waals surface area contributed by atoms with Crippen LogP contribution in [-0.4, -0.2) is 6.10 Å². The Morgan fingerprint density at radius 1 is 0.708 bits per heavy atom. The molecule has 3 aromatic rings. The van der Waals surface area contributed by atoms with Crippen LogP contribution in [-0.2, 0) is 10.3 Å². The highest BCUT2D eigenvalue weighted by Gasteiger charge is 2.45. The van der Waals surface area contributed by atoms with Gasteiger partial charge < -0.3 is 9.47 Å². The van der Waals surface area contributed by atoms with Crippen molar-refractivity contribution in [2.24, 2.45) is 0 Å². The van der Waals surface area contributed by atoms with E-state index in [0.29, 0.717) is 0 Å². The van der Waals surface area contributed by atoms with Crippen molar-refractivity contribution in [2.75, 3.05) is 0 Å². The summed E-state index contributed by atoms with van der Waals surface area (Å²) in [5.41, 5.74) is 2.54. The minimum Gasteiger partial charge on any atom is -0.457 e. The van der Waals surface area contributed by atoms with Gasteiger partial charge in [-0.2, -0.15) is 0 Å². The van der Waals surface area contributed by atoms with E-state index < -0.39 is 5.60 Å². The number of benzene rings is 3. The normalized spacial score (nSPS) is 14.6. The topological polar surface area (TPSA) is 18.5 Å². The first-order valence-corrected chi connectivity index (χ1v) is 8.32. The van der Waals surface area contributed by atoms with E-state index in [1.54, 1.807) is 0 Å². The van der Waals surface area contributed by atoms with Gasteiger partial charge in [0.2, 0.25) is 0 Å². The predicted octanol–water partition coefficient (Wildman–Crippen LogP) is 5.51. The van der Waals surface area contributed by atoms with E-state index >= 15 is 0 Å². The van der Waals surface area contributed by atoms with Gasteiger partial charge in [0.15, 0.2) is 5.60 Å². The Morgan fingerprint density at radius 3 is 1.75 bits per heavy atom. The van der Waals surface area contributed by atoms with Crippen LogP contribution < -0.4 is 4.74 Å². The van der Waals surface area contributed by atoms with Crippen molar-refractivity contribution in [1.82, 2.24) is 0 Å². The zero-order valence-electron chi connectivity index (χ0n) is 13.9. The molecule has 1 aliphatic rings. The lowest BCUT2D eigenvalue weighted by molar-refractivity contribution is -0.0343. The van der Waals surface area contributed by atoms with Crippen LogP contribution in [0.3, 0.4) is 0 Å². The highest BCUT2D eigenvalue weighted by molar-refractivity contribution is 5.61. The minimum atomic E-state index is -0.666. The van der Waals surface area contributed by atoms with E-state index in [0.717, 1.165) is 28.2 Å².